The van der Waals surface area contributed by atoms with Gasteiger partial charge < -0.3 is 19.1 Å². The van der Waals surface area contributed by atoms with Crippen LogP contribution in [0.1, 0.15) is 55.9 Å². The molecule has 1 aromatic carbocycles. The molecule has 0 bridgehead atoms. The molecule has 4 rings (SSSR count). The number of aryl methyl sites for hydroxylation is 1. The van der Waals surface area contributed by atoms with Crippen molar-refractivity contribution in [2.75, 3.05) is 32.8 Å². The number of hydrogen-bond donors (Lipinski definition) is 0. The van der Waals surface area contributed by atoms with Gasteiger partial charge in [0.2, 0.25) is 0 Å². The topological polar surface area (TPSA) is 54.8 Å². The average molecular weight is 412 g/mol. The molecule has 162 valence electrons. The van der Waals surface area contributed by atoms with Crippen LogP contribution in [0.4, 0.5) is 4.79 Å². The van der Waals surface area contributed by atoms with Crippen molar-refractivity contribution in [1.29, 1.82) is 0 Å². The number of amides is 2. The van der Waals surface area contributed by atoms with Gasteiger partial charge in [-0.3, -0.25) is 4.79 Å². The minimum atomic E-state index is -0.169. The van der Waals surface area contributed by atoms with E-state index in [-0.39, 0.29) is 17.4 Å². The maximum Gasteiger partial charge on any atom is 0.409 e. The zero-order valence-corrected chi connectivity index (χ0v) is 18.2. The highest BCUT2D eigenvalue weighted by Gasteiger charge is 2.43. The smallest absolute Gasteiger partial charge is 0.409 e. The number of benzene rings is 1. The van der Waals surface area contributed by atoms with Gasteiger partial charge in [0.25, 0.3) is 5.91 Å². The predicted molar refractivity (Wildman–Crippen MR) is 118 cm³/mol. The van der Waals surface area contributed by atoms with E-state index in [9.17, 15) is 9.59 Å². The van der Waals surface area contributed by atoms with Gasteiger partial charge in [0.1, 0.15) is 5.69 Å². The zero-order valence-electron chi connectivity index (χ0n) is 18.2. The van der Waals surface area contributed by atoms with Crippen molar-refractivity contribution in [1.82, 2.24) is 14.4 Å². The van der Waals surface area contributed by atoms with Crippen molar-refractivity contribution in [3.63, 3.8) is 0 Å². The number of fused-ring (bicyclic) bond motifs is 1. The maximum atomic E-state index is 13.2. The molecule has 0 saturated carbocycles. The summed E-state index contributed by atoms with van der Waals surface area (Å²) in [6, 6.07) is 10.1. The molecule has 6 nitrogen and oxygen atoms in total. The SMILES string of the molecule is CCCCCOC(=O)N1CCC2(CCN(C(=O)c3cc4ccccc4n3C)CC2)C1. The van der Waals surface area contributed by atoms with E-state index in [1.807, 2.05) is 51.7 Å². The summed E-state index contributed by atoms with van der Waals surface area (Å²) in [6.45, 7) is 5.69. The summed E-state index contributed by atoms with van der Waals surface area (Å²) in [7, 11) is 1.96. The second-order valence-electron chi connectivity index (χ2n) is 8.93. The third-order valence-corrected chi connectivity index (χ3v) is 6.95. The van der Waals surface area contributed by atoms with Crippen LogP contribution in [0.2, 0.25) is 0 Å². The van der Waals surface area contributed by atoms with Crippen molar-refractivity contribution in [2.24, 2.45) is 12.5 Å². The molecule has 30 heavy (non-hydrogen) atoms. The predicted octanol–water partition coefficient (Wildman–Crippen LogP) is 4.43. The Labute approximate surface area is 178 Å². The van der Waals surface area contributed by atoms with E-state index in [4.69, 9.17) is 4.74 Å². The van der Waals surface area contributed by atoms with Gasteiger partial charge in [0, 0.05) is 44.1 Å². The summed E-state index contributed by atoms with van der Waals surface area (Å²) >= 11 is 0. The molecule has 1 spiro atoms. The first kappa shape index (κ1) is 20.8. The summed E-state index contributed by atoms with van der Waals surface area (Å²) in [5.41, 5.74) is 1.96. The van der Waals surface area contributed by atoms with E-state index in [1.54, 1.807) is 0 Å². The molecular formula is C24H33N3O3. The fourth-order valence-corrected chi connectivity index (χ4v) is 4.94. The summed E-state index contributed by atoms with van der Waals surface area (Å²) in [5, 5.41) is 1.10. The van der Waals surface area contributed by atoms with Gasteiger partial charge in [-0.05, 0) is 43.2 Å². The Kier molecular flexibility index (Phi) is 6.02. The van der Waals surface area contributed by atoms with Crippen LogP contribution >= 0.6 is 0 Å². The van der Waals surface area contributed by atoms with E-state index in [0.29, 0.717) is 6.61 Å². The number of carbonyl (C=O) groups excluding carboxylic acids is 2. The van der Waals surface area contributed by atoms with Crippen LogP contribution in [0.25, 0.3) is 10.9 Å². The van der Waals surface area contributed by atoms with Crippen LogP contribution in [-0.2, 0) is 11.8 Å². The van der Waals surface area contributed by atoms with Crippen LogP contribution in [0.3, 0.4) is 0 Å². The molecule has 2 aliphatic rings. The van der Waals surface area contributed by atoms with Gasteiger partial charge >= 0.3 is 6.09 Å². The summed E-state index contributed by atoms with van der Waals surface area (Å²) in [5.74, 6) is 0.105. The highest BCUT2D eigenvalue weighted by atomic mass is 16.6. The first-order valence-corrected chi connectivity index (χ1v) is 11.3. The Morgan fingerprint density at radius 1 is 1.03 bits per heavy atom. The van der Waals surface area contributed by atoms with Gasteiger partial charge in [-0.1, -0.05) is 38.0 Å². The second kappa shape index (κ2) is 8.70. The number of nitrogens with zero attached hydrogens (tertiary/aromatic N) is 3. The maximum absolute atomic E-state index is 13.2. The molecule has 0 atom stereocenters. The number of hydrogen-bond acceptors (Lipinski definition) is 3. The zero-order chi connectivity index (χ0) is 21.1. The molecule has 0 radical (unpaired) electrons. The van der Waals surface area contributed by atoms with E-state index in [1.165, 1.54) is 0 Å². The number of carbonyl (C=O) groups is 2. The minimum Gasteiger partial charge on any atom is -0.449 e. The number of aromatic nitrogens is 1. The summed E-state index contributed by atoms with van der Waals surface area (Å²) < 4.78 is 7.43. The largest absolute Gasteiger partial charge is 0.449 e. The van der Waals surface area contributed by atoms with Gasteiger partial charge in [-0.2, -0.15) is 0 Å². The lowest BCUT2D eigenvalue weighted by Gasteiger charge is -2.39. The summed E-state index contributed by atoms with van der Waals surface area (Å²) in [4.78, 5) is 29.4. The van der Waals surface area contributed by atoms with Crippen molar-refractivity contribution >= 4 is 22.9 Å². The molecule has 1 aromatic heterocycles. The van der Waals surface area contributed by atoms with Gasteiger partial charge in [0.05, 0.1) is 6.61 Å². The second-order valence-corrected chi connectivity index (χ2v) is 8.93. The number of para-hydroxylation sites is 1. The molecule has 0 N–H and O–H groups in total. The summed E-state index contributed by atoms with van der Waals surface area (Å²) in [6.07, 6.45) is 5.89. The lowest BCUT2D eigenvalue weighted by Crippen LogP contribution is -2.45. The van der Waals surface area contributed by atoms with E-state index >= 15 is 0 Å². The van der Waals surface area contributed by atoms with E-state index in [2.05, 4.69) is 6.92 Å². The number of ether oxygens (including phenoxy) is 1. The molecule has 2 fully saturated rings. The minimum absolute atomic E-state index is 0.105. The normalized spacial score (nSPS) is 18.3. The van der Waals surface area contributed by atoms with Gasteiger partial charge in [-0.15, -0.1) is 0 Å². The number of likely N-dealkylation sites (tertiary alicyclic amines) is 2. The van der Waals surface area contributed by atoms with E-state index < -0.39 is 0 Å². The van der Waals surface area contributed by atoms with Crippen molar-refractivity contribution in [2.45, 2.75) is 45.4 Å². The third kappa shape index (κ3) is 4.05. The Morgan fingerprint density at radius 3 is 2.43 bits per heavy atom. The van der Waals surface area contributed by atoms with Crippen LogP contribution in [0.15, 0.2) is 30.3 Å². The Balaban J connectivity index is 1.33. The monoisotopic (exact) mass is 411 g/mol. The first-order valence-electron chi connectivity index (χ1n) is 11.3. The Hall–Kier alpha value is -2.50. The number of unbranched alkanes of at least 4 members (excludes halogenated alkanes) is 2. The molecular weight excluding hydrogens is 378 g/mol. The number of piperidine rings is 1. The Morgan fingerprint density at radius 2 is 1.73 bits per heavy atom. The molecule has 2 aliphatic heterocycles. The van der Waals surface area contributed by atoms with Gasteiger partial charge in [-0.25, -0.2) is 4.79 Å². The van der Waals surface area contributed by atoms with E-state index in [0.717, 1.165) is 81.3 Å². The molecule has 6 heteroatoms. The standard InChI is InChI=1S/C24H33N3O3/c1-3-4-7-16-30-23(29)27-15-12-24(18-27)10-13-26(14-11-24)22(28)21-17-19-8-5-6-9-20(19)25(21)2/h5-6,8-9,17H,3-4,7,10-16,18H2,1-2H3. The quantitative estimate of drug-likeness (QED) is 0.684. The van der Waals surface area contributed by atoms with Crippen LogP contribution in [-0.4, -0.2) is 59.2 Å². The third-order valence-electron chi connectivity index (χ3n) is 6.95. The van der Waals surface area contributed by atoms with Crippen molar-refractivity contribution in [3.05, 3.63) is 36.0 Å². The average Bonchev–Trinajstić information content (AvgIpc) is 3.33. The molecule has 2 aromatic rings. The van der Waals surface area contributed by atoms with Gasteiger partial charge in [0.15, 0.2) is 0 Å². The molecule has 0 unspecified atom stereocenters. The van der Waals surface area contributed by atoms with Crippen LogP contribution in [0, 0.1) is 5.41 Å². The lowest BCUT2D eigenvalue weighted by molar-refractivity contribution is 0.0565. The van der Waals surface area contributed by atoms with Crippen LogP contribution in [0.5, 0.6) is 0 Å². The lowest BCUT2D eigenvalue weighted by atomic mass is 9.77. The highest BCUT2D eigenvalue weighted by Crippen LogP contribution is 2.41. The fraction of sp³-hybridized carbons (Fsp3) is 0.583. The van der Waals surface area contributed by atoms with Crippen LogP contribution < -0.4 is 0 Å². The number of rotatable bonds is 5. The molecule has 3 heterocycles. The molecule has 2 saturated heterocycles. The van der Waals surface area contributed by atoms with Crippen molar-refractivity contribution < 1.29 is 14.3 Å². The highest BCUT2D eigenvalue weighted by molar-refractivity contribution is 5.98. The fourth-order valence-electron chi connectivity index (χ4n) is 4.94. The van der Waals surface area contributed by atoms with Crippen molar-refractivity contribution in [3.8, 4) is 0 Å². The molecule has 2 amide bonds. The Bertz CT molecular complexity index is 912. The first-order chi connectivity index (χ1) is 14.5. The molecule has 0 aliphatic carbocycles.